The summed E-state index contributed by atoms with van der Waals surface area (Å²) >= 11 is 0. The molecule has 1 aliphatic rings. The topological polar surface area (TPSA) is 110 Å². The zero-order valence-corrected chi connectivity index (χ0v) is 12.6. The third-order valence-electron chi connectivity index (χ3n) is 3.58. The van der Waals surface area contributed by atoms with Gasteiger partial charge in [-0.3, -0.25) is 29.4 Å². The summed E-state index contributed by atoms with van der Waals surface area (Å²) in [6.45, 7) is -0.639. The number of nitro groups is 1. The minimum absolute atomic E-state index is 0.127. The molecule has 0 atom stereocenters. The van der Waals surface area contributed by atoms with Gasteiger partial charge >= 0.3 is 0 Å². The molecule has 0 aliphatic carbocycles. The van der Waals surface area contributed by atoms with Gasteiger partial charge in [-0.1, -0.05) is 12.1 Å². The second-order valence-corrected chi connectivity index (χ2v) is 5.21. The number of rotatable bonds is 4. The second kappa shape index (κ2) is 6.11. The van der Waals surface area contributed by atoms with Crippen LogP contribution in [0.5, 0.6) is 0 Å². The van der Waals surface area contributed by atoms with Crippen LogP contribution in [0.25, 0.3) is 0 Å². The molecule has 0 aromatic heterocycles. The summed E-state index contributed by atoms with van der Waals surface area (Å²) in [6, 6.07) is 8.78. The van der Waals surface area contributed by atoms with Gasteiger partial charge in [-0.2, -0.15) is 0 Å². The number of imide groups is 1. The summed E-state index contributed by atoms with van der Waals surface area (Å²) in [5, 5.41) is 13.4. The first-order valence-corrected chi connectivity index (χ1v) is 7.07. The fourth-order valence-corrected chi connectivity index (χ4v) is 2.52. The molecule has 0 fully saturated rings. The number of carbonyl (C=O) groups excluding carboxylic acids is 3. The quantitative estimate of drug-likeness (QED) is 0.518. The van der Waals surface area contributed by atoms with Crippen LogP contribution in [0.4, 0.5) is 15.8 Å². The standard InChI is InChI=1S/C16H10FN3O5/c17-9-3-1-4-10(7-9)18-13(21)8-19-15(22)11-5-2-6-12(20(24)25)14(11)16(19)23/h1-7H,8H2,(H,18,21). The van der Waals surface area contributed by atoms with E-state index in [-0.39, 0.29) is 16.8 Å². The van der Waals surface area contributed by atoms with Crippen molar-refractivity contribution in [2.24, 2.45) is 0 Å². The molecule has 0 spiro atoms. The van der Waals surface area contributed by atoms with Crippen molar-refractivity contribution in [1.29, 1.82) is 0 Å². The predicted molar refractivity (Wildman–Crippen MR) is 83.5 cm³/mol. The maximum Gasteiger partial charge on any atom is 0.282 e. The van der Waals surface area contributed by atoms with Crippen LogP contribution in [0, 0.1) is 15.9 Å². The van der Waals surface area contributed by atoms with Gasteiger partial charge in [0.2, 0.25) is 5.91 Å². The van der Waals surface area contributed by atoms with Crippen molar-refractivity contribution >= 4 is 29.1 Å². The molecule has 3 amide bonds. The minimum Gasteiger partial charge on any atom is -0.324 e. The molecule has 0 saturated heterocycles. The van der Waals surface area contributed by atoms with Crippen LogP contribution in [0.2, 0.25) is 0 Å². The number of carbonyl (C=O) groups is 3. The molecule has 0 bridgehead atoms. The lowest BCUT2D eigenvalue weighted by atomic mass is 10.1. The maximum atomic E-state index is 13.1. The van der Waals surface area contributed by atoms with Crippen LogP contribution >= 0.6 is 0 Å². The summed E-state index contributed by atoms with van der Waals surface area (Å²) < 4.78 is 13.1. The van der Waals surface area contributed by atoms with Crippen molar-refractivity contribution in [2.75, 3.05) is 11.9 Å². The van der Waals surface area contributed by atoms with E-state index in [0.29, 0.717) is 4.90 Å². The molecule has 1 N–H and O–H groups in total. The SMILES string of the molecule is O=C(CN1C(=O)c2cccc([N+](=O)[O-])c2C1=O)Nc1cccc(F)c1. The Morgan fingerprint density at radius 1 is 1.16 bits per heavy atom. The lowest BCUT2D eigenvalue weighted by molar-refractivity contribution is -0.385. The highest BCUT2D eigenvalue weighted by molar-refractivity contribution is 6.24. The Balaban J connectivity index is 1.81. The van der Waals surface area contributed by atoms with E-state index in [1.54, 1.807) is 0 Å². The van der Waals surface area contributed by atoms with E-state index in [2.05, 4.69) is 5.32 Å². The Hall–Kier alpha value is -3.62. The fourth-order valence-electron chi connectivity index (χ4n) is 2.52. The van der Waals surface area contributed by atoms with Crippen LogP contribution in [0.3, 0.4) is 0 Å². The lowest BCUT2D eigenvalue weighted by Crippen LogP contribution is -2.37. The van der Waals surface area contributed by atoms with E-state index in [4.69, 9.17) is 0 Å². The van der Waals surface area contributed by atoms with Crippen LogP contribution < -0.4 is 5.32 Å². The van der Waals surface area contributed by atoms with Gasteiger partial charge in [0, 0.05) is 11.8 Å². The molecule has 126 valence electrons. The smallest absolute Gasteiger partial charge is 0.282 e. The summed E-state index contributed by atoms with van der Waals surface area (Å²) in [5.74, 6) is -3.00. The molecule has 2 aromatic carbocycles. The molecule has 1 aliphatic heterocycles. The van der Waals surface area contributed by atoms with Gasteiger partial charge in [0.1, 0.15) is 17.9 Å². The van der Waals surface area contributed by atoms with E-state index >= 15 is 0 Å². The van der Waals surface area contributed by atoms with Gasteiger partial charge in [-0.25, -0.2) is 4.39 Å². The zero-order chi connectivity index (χ0) is 18.1. The molecule has 8 nitrogen and oxygen atoms in total. The maximum absolute atomic E-state index is 13.1. The molecule has 25 heavy (non-hydrogen) atoms. The first kappa shape index (κ1) is 16.2. The van der Waals surface area contributed by atoms with Gasteiger partial charge < -0.3 is 5.32 Å². The van der Waals surface area contributed by atoms with E-state index in [1.807, 2.05) is 0 Å². The van der Waals surface area contributed by atoms with Crippen LogP contribution in [-0.2, 0) is 4.79 Å². The lowest BCUT2D eigenvalue weighted by Gasteiger charge is -2.13. The molecule has 0 saturated carbocycles. The Labute approximate surface area is 140 Å². The number of nitrogens with one attached hydrogen (secondary N) is 1. The molecule has 3 rings (SSSR count). The molecule has 1 heterocycles. The van der Waals surface area contributed by atoms with Crippen LogP contribution in [0.1, 0.15) is 20.7 Å². The zero-order valence-electron chi connectivity index (χ0n) is 12.6. The number of fused-ring (bicyclic) bond motifs is 1. The average molecular weight is 343 g/mol. The van der Waals surface area contributed by atoms with Gasteiger partial charge in [0.05, 0.1) is 10.5 Å². The largest absolute Gasteiger partial charge is 0.324 e. The van der Waals surface area contributed by atoms with Crippen molar-refractivity contribution in [1.82, 2.24) is 4.90 Å². The number of halogens is 1. The first-order chi connectivity index (χ1) is 11.9. The van der Waals surface area contributed by atoms with Crippen molar-refractivity contribution in [2.45, 2.75) is 0 Å². The second-order valence-electron chi connectivity index (χ2n) is 5.21. The predicted octanol–water partition coefficient (Wildman–Crippen LogP) is 1.97. The summed E-state index contributed by atoms with van der Waals surface area (Å²) in [5.41, 5.74) is -0.801. The average Bonchev–Trinajstić information content (AvgIpc) is 2.80. The Morgan fingerprint density at radius 2 is 1.88 bits per heavy atom. The van der Waals surface area contributed by atoms with E-state index < -0.39 is 40.7 Å². The monoisotopic (exact) mass is 343 g/mol. The fraction of sp³-hybridized carbons (Fsp3) is 0.0625. The highest BCUT2D eigenvalue weighted by Crippen LogP contribution is 2.30. The van der Waals surface area contributed by atoms with E-state index in [9.17, 15) is 28.9 Å². The van der Waals surface area contributed by atoms with Crippen LogP contribution in [0.15, 0.2) is 42.5 Å². The number of benzene rings is 2. The van der Waals surface area contributed by atoms with Gasteiger partial charge in [0.15, 0.2) is 0 Å². The summed E-state index contributed by atoms with van der Waals surface area (Å²) in [6.07, 6.45) is 0. The highest BCUT2D eigenvalue weighted by Gasteiger charge is 2.41. The van der Waals surface area contributed by atoms with E-state index in [0.717, 1.165) is 12.1 Å². The summed E-state index contributed by atoms with van der Waals surface area (Å²) in [7, 11) is 0. The van der Waals surface area contributed by atoms with Crippen molar-refractivity contribution in [3.63, 3.8) is 0 Å². The van der Waals surface area contributed by atoms with Crippen molar-refractivity contribution < 1.29 is 23.7 Å². The van der Waals surface area contributed by atoms with E-state index in [1.165, 1.54) is 30.3 Å². The molecule has 0 unspecified atom stereocenters. The van der Waals surface area contributed by atoms with Gasteiger partial charge in [-0.15, -0.1) is 0 Å². The molecular weight excluding hydrogens is 333 g/mol. The number of nitrogens with zero attached hydrogens (tertiary/aromatic N) is 2. The number of amides is 3. The van der Waals surface area contributed by atoms with Crippen molar-refractivity contribution in [3.05, 3.63) is 69.5 Å². The minimum atomic E-state index is -0.915. The molecule has 9 heteroatoms. The van der Waals surface area contributed by atoms with Gasteiger partial charge in [0.25, 0.3) is 17.5 Å². The number of hydrogen-bond acceptors (Lipinski definition) is 5. The third kappa shape index (κ3) is 2.94. The highest BCUT2D eigenvalue weighted by atomic mass is 19.1. The Bertz CT molecular complexity index is 928. The molecular formula is C16H10FN3O5. The third-order valence-corrected chi connectivity index (χ3v) is 3.58. The van der Waals surface area contributed by atoms with Crippen LogP contribution in [-0.4, -0.2) is 34.1 Å². The van der Waals surface area contributed by atoms with Crippen molar-refractivity contribution in [3.8, 4) is 0 Å². The molecule has 0 radical (unpaired) electrons. The Morgan fingerprint density at radius 3 is 2.56 bits per heavy atom. The number of anilines is 1. The normalized spacial score (nSPS) is 12.9. The van der Waals surface area contributed by atoms with Gasteiger partial charge in [-0.05, 0) is 24.3 Å². The summed E-state index contributed by atoms with van der Waals surface area (Å²) in [4.78, 5) is 47.5. The first-order valence-electron chi connectivity index (χ1n) is 7.07. The number of hydrogen-bond donors (Lipinski definition) is 1. The Kier molecular flexibility index (Phi) is 3.97. The number of nitro benzene ring substituents is 1. The molecule has 2 aromatic rings.